The molecule has 0 bridgehead atoms. The normalized spacial score (nSPS) is 16.9. The second-order valence-corrected chi connectivity index (χ2v) is 6.14. The van der Waals surface area contributed by atoms with E-state index in [4.69, 9.17) is 15.7 Å². The standard InChI is InChI=1S/C14H19IN4O/c1-18-2-4-19(5-3-18)6-7-20-14-12(15)8-11(10-16)9-13(14)17/h8-9H,2-7,17H2,1H3. The first-order valence-corrected chi connectivity index (χ1v) is 7.71. The number of nitrogens with two attached hydrogens (primary N) is 1. The van der Waals surface area contributed by atoms with Gasteiger partial charge in [0.1, 0.15) is 6.61 Å². The summed E-state index contributed by atoms with van der Waals surface area (Å²) in [5.41, 5.74) is 7.04. The zero-order valence-corrected chi connectivity index (χ0v) is 13.8. The largest absolute Gasteiger partial charge is 0.489 e. The molecule has 0 radical (unpaired) electrons. The van der Waals surface area contributed by atoms with Gasteiger partial charge in [0, 0.05) is 32.7 Å². The monoisotopic (exact) mass is 386 g/mol. The number of hydrogen-bond donors (Lipinski definition) is 1. The molecule has 0 amide bonds. The van der Waals surface area contributed by atoms with Crippen LogP contribution < -0.4 is 10.5 Å². The predicted molar refractivity (Wildman–Crippen MR) is 87.7 cm³/mol. The predicted octanol–water partition coefficient (Wildman–Crippen LogP) is 1.37. The lowest BCUT2D eigenvalue weighted by molar-refractivity contribution is 0.133. The third-order valence-corrected chi connectivity index (χ3v) is 4.25. The van der Waals surface area contributed by atoms with Crippen molar-refractivity contribution in [3.8, 4) is 11.8 Å². The van der Waals surface area contributed by atoms with E-state index >= 15 is 0 Å². The molecule has 0 aromatic heterocycles. The Morgan fingerprint density at radius 3 is 2.65 bits per heavy atom. The van der Waals surface area contributed by atoms with E-state index in [2.05, 4.69) is 45.5 Å². The summed E-state index contributed by atoms with van der Waals surface area (Å²) in [5, 5.41) is 8.88. The van der Waals surface area contributed by atoms with Gasteiger partial charge in [0.05, 0.1) is 20.9 Å². The van der Waals surface area contributed by atoms with Crippen molar-refractivity contribution in [1.29, 1.82) is 5.26 Å². The van der Waals surface area contributed by atoms with Gasteiger partial charge in [-0.3, -0.25) is 4.90 Å². The number of nitrogens with zero attached hydrogens (tertiary/aromatic N) is 3. The smallest absolute Gasteiger partial charge is 0.155 e. The summed E-state index contributed by atoms with van der Waals surface area (Å²) in [7, 11) is 2.15. The highest BCUT2D eigenvalue weighted by molar-refractivity contribution is 14.1. The number of halogens is 1. The zero-order valence-electron chi connectivity index (χ0n) is 11.6. The van der Waals surface area contributed by atoms with Crippen molar-refractivity contribution in [2.24, 2.45) is 0 Å². The molecule has 1 aliphatic rings. The molecule has 0 aliphatic carbocycles. The Morgan fingerprint density at radius 1 is 1.35 bits per heavy atom. The van der Waals surface area contributed by atoms with E-state index in [9.17, 15) is 0 Å². The fourth-order valence-electron chi connectivity index (χ4n) is 2.18. The topological polar surface area (TPSA) is 65.5 Å². The van der Waals surface area contributed by atoms with Crippen LogP contribution in [0.3, 0.4) is 0 Å². The van der Waals surface area contributed by atoms with Crippen LogP contribution in [0.25, 0.3) is 0 Å². The van der Waals surface area contributed by atoms with Crippen LogP contribution in [-0.2, 0) is 0 Å². The molecule has 1 fully saturated rings. The van der Waals surface area contributed by atoms with E-state index in [-0.39, 0.29) is 0 Å². The Morgan fingerprint density at radius 2 is 2.05 bits per heavy atom. The molecule has 6 heteroatoms. The van der Waals surface area contributed by atoms with Crippen molar-refractivity contribution in [2.75, 3.05) is 52.1 Å². The quantitative estimate of drug-likeness (QED) is 0.626. The Balaban J connectivity index is 1.87. The molecular formula is C14H19IN4O. The molecule has 0 atom stereocenters. The summed E-state index contributed by atoms with van der Waals surface area (Å²) in [6.45, 7) is 5.91. The molecule has 1 heterocycles. The second kappa shape index (κ2) is 7.11. The van der Waals surface area contributed by atoms with Crippen molar-refractivity contribution in [3.05, 3.63) is 21.3 Å². The summed E-state index contributed by atoms with van der Waals surface area (Å²) in [4.78, 5) is 4.73. The van der Waals surface area contributed by atoms with Crippen LogP contribution in [-0.4, -0.2) is 56.2 Å². The number of nitriles is 1. The summed E-state index contributed by atoms with van der Waals surface area (Å²) >= 11 is 2.16. The highest BCUT2D eigenvalue weighted by atomic mass is 127. The Hall–Kier alpha value is -1.04. The Bertz CT molecular complexity index is 483. The number of hydrogen-bond acceptors (Lipinski definition) is 5. The highest BCUT2D eigenvalue weighted by Gasteiger charge is 2.14. The maximum atomic E-state index is 8.88. The lowest BCUT2D eigenvalue weighted by atomic mass is 10.2. The van der Waals surface area contributed by atoms with Gasteiger partial charge in [-0.1, -0.05) is 0 Å². The van der Waals surface area contributed by atoms with E-state index in [1.54, 1.807) is 12.1 Å². The first-order valence-electron chi connectivity index (χ1n) is 6.63. The van der Waals surface area contributed by atoms with E-state index in [0.717, 1.165) is 36.3 Å². The van der Waals surface area contributed by atoms with E-state index < -0.39 is 0 Å². The van der Waals surface area contributed by atoms with Crippen LogP contribution in [0, 0.1) is 14.9 Å². The number of benzene rings is 1. The second-order valence-electron chi connectivity index (χ2n) is 4.98. The summed E-state index contributed by atoms with van der Waals surface area (Å²) in [5.74, 6) is 0.693. The van der Waals surface area contributed by atoms with Gasteiger partial charge in [0.25, 0.3) is 0 Å². The fraction of sp³-hybridized carbons (Fsp3) is 0.500. The molecule has 108 valence electrons. The minimum absolute atomic E-state index is 0.534. The molecular weight excluding hydrogens is 367 g/mol. The fourth-order valence-corrected chi connectivity index (χ4v) is 2.98. The van der Waals surface area contributed by atoms with Crippen LogP contribution in [0.15, 0.2) is 12.1 Å². The average molecular weight is 386 g/mol. The number of nitrogen functional groups attached to an aromatic ring is 1. The van der Waals surface area contributed by atoms with Gasteiger partial charge in [0.15, 0.2) is 5.75 Å². The molecule has 1 aromatic carbocycles. The maximum Gasteiger partial charge on any atom is 0.155 e. The molecule has 0 saturated carbocycles. The van der Waals surface area contributed by atoms with E-state index in [1.807, 2.05) is 0 Å². The van der Waals surface area contributed by atoms with Crippen molar-refractivity contribution in [1.82, 2.24) is 9.80 Å². The molecule has 2 rings (SSSR count). The van der Waals surface area contributed by atoms with Crippen LogP contribution in [0.1, 0.15) is 5.56 Å². The van der Waals surface area contributed by atoms with Gasteiger partial charge < -0.3 is 15.4 Å². The average Bonchev–Trinajstić information content (AvgIpc) is 2.43. The zero-order chi connectivity index (χ0) is 14.5. The molecule has 20 heavy (non-hydrogen) atoms. The molecule has 5 nitrogen and oxygen atoms in total. The first kappa shape index (κ1) is 15.4. The lowest BCUT2D eigenvalue weighted by Gasteiger charge is -2.32. The maximum absolute atomic E-state index is 8.88. The molecule has 1 aliphatic heterocycles. The van der Waals surface area contributed by atoms with E-state index in [1.165, 1.54) is 0 Å². The summed E-state index contributed by atoms with van der Waals surface area (Å²) in [6, 6.07) is 5.55. The van der Waals surface area contributed by atoms with Gasteiger partial charge in [-0.25, -0.2) is 0 Å². The van der Waals surface area contributed by atoms with Crippen molar-refractivity contribution >= 4 is 28.3 Å². The minimum Gasteiger partial charge on any atom is -0.489 e. The minimum atomic E-state index is 0.534. The van der Waals surface area contributed by atoms with Crippen molar-refractivity contribution in [2.45, 2.75) is 0 Å². The molecule has 1 aromatic rings. The van der Waals surface area contributed by atoms with Crippen LogP contribution in [0.5, 0.6) is 5.75 Å². The van der Waals surface area contributed by atoms with Crippen molar-refractivity contribution < 1.29 is 4.74 Å². The Kier molecular flexibility index (Phi) is 5.46. The van der Waals surface area contributed by atoms with Gasteiger partial charge in [-0.2, -0.15) is 5.26 Å². The van der Waals surface area contributed by atoms with Gasteiger partial charge in [-0.05, 0) is 41.8 Å². The SMILES string of the molecule is CN1CCN(CCOc2c(N)cc(C#N)cc2I)CC1. The lowest BCUT2D eigenvalue weighted by Crippen LogP contribution is -2.45. The van der Waals surface area contributed by atoms with E-state index in [0.29, 0.717) is 23.6 Å². The third kappa shape index (κ3) is 3.98. The van der Waals surface area contributed by atoms with Crippen LogP contribution in [0.4, 0.5) is 5.69 Å². The highest BCUT2D eigenvalue weighted by Crippen LogP contribution is 2.29. The van der Waals surface area contributed by atoms with Gasteiger partial charge in [-0.15, -0.1) is 0 Å². The third-order valence-electron chi connectivity index (χ3n) is 3.45. The number of likely N-dealkylation sites (N-methyl/N-ethyl adjacent to an activating group) is 1. The van der Waals surface area contributed by atoms with Crippen molar-refractivity contribution in [3.63, 3.8) is 0 Å². The van der Waals surface area contributed by atoms with Gasteiger partial charge >= 0.3 is 0 Å². The molecule has 0 unspecified atom stereocenters. The molecule has 1 saturated heterocycles. The molecule has 2 N–H and O–H groups in total. The molecule has 0 spiro atoms. The summed E-state index contributed by atoms with van der Waals surface area (Å²) in [6.07, 6.45) is 0. The summed E-state index contributed by atoms with van der Waals surface area (Å²) < 4.78 is 6.69. The number of anilines is 1. The number of ether oxygens (including phenoxy) is 1. The van der Waals surface area contributed by atoms with Crippen LogP contribution in [0.2, 0.25) is 0 Å². The number of piperazine rings is 1. The first-order chi connectivity index (χ1) is 9.60. The van der Waals surface area contributed by atoms with Gasteiger partial charge in [0.2, 0.25) is 0 Å². The Labute approximate surface area is 133 Å². The number of rotatable bonds is 4. The van der Waals surface area contributed by atoms with Crippen LogP contribution >= 0.6 is 22.6 Å².